The van der Waals surface area contributed by atoms with E-state index in [0.717, 1.165) is 12.5 Å². The summed E-state index contributed by atoms with van der Waals surface area (Å²) in [6, 6.07) is 0.449. The number of ether oxygens (including phenoxy) is 1. The molecule has 16 heavy (non-hydrogen) atoms. The van der Waals surface area contributed by atoms with Gasteiger partial charge < -0.3 is 10.1 Å². The van der Waals surface area contributed by atoms with E-state index in [-0.39, 0.29) is 5.41 Å². The van der Waals surface area contributed by atoms with Crippen LogP contribution in [0.4, 0.5) is 0 Å². The van der Waals surface area contributed by atoms with Gasteiger partial charge in [0.1, 0.15) is 0 Å². The van der Waals surface area contributed by atoms with E-state index in [4.69, 9.17) is 4.74 Å². The van der Waals surface area contributed by atoms with Gasteiger partial charge in [0.2, 0.25) is 0 Å². The van der Waals surface area contributed by atoms with Crippen LogP contribution >= 0.6 is 0 Å². The molecule has 1 fully saturated rings. The molecule has 0 saturated heterocycles. The van der Waals surface area contributed by atoms with Crippen LogP contribution in [0.5, 0.6) is 0 Å². The van der Waals surface area contributed by atoms with E-state index in [1.807, 2.05) is 7.05 Å². The average Bonchev–Trinajstić information content (AvgIpc) is 2.16. The lowest BCUT2D eigenvalue weighted by atomic mass is 9.86. The highest BCUT2D eigenvalue weighted by molar-refractivity contribution is 4.80. The molecule has 2 heteroatoms. The highest BCUT2D eigenvalue weighted by Gasteiger charge is 2.25. The number of hydrogen-bond donors (Lipinski definition) is 1. The van der Waals surface area contributed by atoms with Crippen LogP contribution in [0.25, 0.3) is 0 Å². The summed E-state index contributed by atoms with van der Waals surface area (Å²) in [7, 11) is 2.03. The quantitative estimate of drug-likeness (QED) is 0.796. The Morgan fingerprint density at radius 1 is 1.31 bits per heavy atom. The molecule has 0 heterocycles. The lowest BCUT2D eigenvalue weighted by Gasteiger charge is -2.33. The van der Waals surface area contributed by atoms with E-state index in [1.54, 1.807) is 0 Å². The van der Waals surface area contributed by atoms with Crippen molar-refractivity contribution in [2.24, 2.45) is 11.3 Å². The van der Waals surface area contributed by atoms with Crippen molar-refractivity contribution in [3.63, 3.8) is 0 Å². The molecule has 0 aromatic rings. The van der Waals surface area contributed by atoms with Gasteiger partial charge in [0.05, 0.1) is 12.7 Å². The van der Waals surface area contributed by atoms with E-state index in [1.165, 1.54) is 25.7 Å². The fourth-order valence-electron chi connectivity index (χ4n) is 2.53. The van der Waals surface area contributed by atoms with Crippen LogP contribution in [0.15, 0.2) is 0 Å². The van der Waals surface area contributed by atoms with Gasteiger partial charge >= 0.3 is 0 Å². The van der Waals surface area contributed by atoms with Crippen LogP contribution in [-0.4, -0.2) is 25.8 Å². The van der Waals surface area contributed by atoms with Gasteiger partial charge in [-0.05, 0) is 31.2 Å². The molecule has 0 aromatic carbocycles. The van der Waals surface area contributed by atoms with Crippen molar-refractivity contribution in [3.05, 3.63) is 0 Å². The summed E-state index contributed by atoms with van der Waals surface area (Å²) in [5.74, 6) is 0.849. The first-order chi connectivity index (χ1) is 7.43. The first kappa shape index (κ1) is 14.0. The van der Waals surface area contributed by atoms with Gasteiger partial charge in [-0.2, -0.15) is 0 Å². The molecular formula is C14H29NO. The molecule has 0 radical (unpaired) electrons. The van der Waals surface area contributed by atoms with Crippen molar-refractivity contribution in [1.29, 1.82) is 0 Å². The molecule has 96 valence electrons. The minimum Gasteiger partial charge on any atom is -0.377 e. The maximum absolute atomic E-state index is 6.07. The highest BCUT2D eigenvalue weighted by atomic mass is 16.5. The summed E-state index contributed by atoms with van der Waals surface area (Å²) in [6.45, 7) is 9.98. The molecule has 1 N–H and O–H groups in total. The van der Waals surface area contributed by atoms with Crippen molar-refractivity contribution in [1.82, 2.24) is 5.32 Å². The van der Waals surface area contributed by atoms with Gasteiger partial charge in [0, 0.05) is 6.04 Å². The zero-order valence-electron chi connectivity index (χ0n) is 11.7. The van der Waals surface area contributed by atoms with E-state index in [9.17, 15) is 0 Å². The second-order valence-corrected chi connectivity index (χ2v) is 6.43. The predicted molar refractivity (Wildman–Crippen MR) is 69.7 cm³/mol. The Bertz CT molecular complexity index is 197. The Hall–Kier alpha value is -0.0800. The van der Waals surface area contributed by atoms with E-state index >= 15 is 0 Å². The van der Waals surface area contributed by atoms with Crippen LogP contribution in [0.1, 0.15) is 53.4 Å². The number of nitrogens with one attached hydrogen (secondary N) is 1. The molecule has 1 aliphatic carbocycles. The summed E-state index contributed by atoms with van der Waals surface area (Å²) >= 11 is 0. The molecule has 0 bridgehead atoms. The first-order valence-electron chi connectivity index (χ1n) is 6.72. The van der Waals surface area contributed by atoms with E-state index in [2.05, 4.69) is 33.0 Å². The molecule has 1 aliphatic rings. The third-order valence-electron chi connectivity index (χ3n) is 3.78. The molecule has 0 amide bonds. The van der Waals surface area contributed by atoms with Gasteiger partial charge in [0.25, 0.3) is 0 Å². The summed E-state index contributed by atoms with van der Waals surface area (Å²) in [4.78, 5) is 0. The third kappa shape index (κ3) is 4.42. The number of likely N-dealkylation sites (N-methyl/N-ethyl adjacent to an activating group) is 1. The fourth-order valence-corrected chi connectivity index (χ4v) is 2.53. The number of rotatable bonds is 4. The molecule has 3 unspecified atom stereocenters. The molecule has 0 spiro atoms. The van der Waals surface area contributed by atoms with Crippen LogP contribution in [-0.2, 0) is 4.74 Å². The lowest BCUT2D eigenvalue weighted by Crippen LogP contribution is -2.43. The summed E-state index contributed by atoms with van der Waals surface area (Å²) in [6.07, 6.45) is 5.73. The van der Waals surface area contributed by atoms with Crippen LogP contribution in [0, 0.1) is 11.3 Å². The Labute approximate surface area is 101 Å². The zero-order chi connectivity index (χ0) is 12.2. The highest BCUT2D eigenvalue weighted by Crippen LogP contribution is 2.27. The molecular weight excluding hydrogens is 198 g/mol. The van der Waals surface area contributed by atoms with Gasteiger partial charge in [-0.25, -0.2) is 0 Å². The maximum Gasteiger partial charge on any atom is 0.0628 e. The molecule has 0 aromatic heterocycles. The zero-order valence-corrected chi connectivity index (χ0v) is 11.7. The summed E-state index contributed by atoms with van der Waals surface area (Å²) in [5.41, 5.74) is 0.273. The minimum atomic E-state index is 0.273. The largest absolute Gasteiger partial charge is 0.377 e. The minimum absolute atomic E-state index is 0.273. The number of hydrogen-bond acceptors (Lipinski definition) is 2. The second-order valence-electron chi connectivity index (χ2n) is 6.43. The van der Waals surface area contributed by atoms with Gasteiger partial charge in [0.15, 0.2) is 0 Å². The smallest absolute Gasteiger partial charge is 0.0628 e. The van der Waals surface area contributed by atoms with Crippen molar-refractivity contribution in [2.75, 3.05) is 13.7 Å². The topological polar surface area (TPSA) is 21.3 Å². The predicted octanol–water partition coefficient (Wildman–Crippen LogP) is 3.22. The average molecular weight is 227 g/mol. The SMILES string of the molecule is CNC(COC1CCCC(C)C1)C(C)(C)C. The molecule has 1 rings (SSSR count). The molecule has 1 saturated carbocycles. The maximum atomic E-state index is 6.07. The summed E-state index contributed by atoms with van der Waals surface area (Å²) in [5, 5.41) is 3.37. The Balaban J connectivity index is 2.32. The van der Waals surface area contributed by atoms with Crippen LogP contribution in [0.2, 0.25) is 0 Å². The van der Waals surface area contributed by atoms with E-state index < -0.39 is 0 Å². The van der Waals surface area contributed by atoms with Crippen LogP contribution in [0.3, 0.4) is 0 Å². The Morgan fingerprint density at radius 2 is 2.00 bits per heavy atom. The molecule has 0 aliphatic heterocycles. The third-order valence-corrected chi connectivity index (χ3v) is 3.78. The van der Waals surface area contributed by atoms with Crippen molar-refractivity contribution >= 4 is 0 Å². The fraction of sp³-hybridized carbons (Fsp3) is 1.00. The Morgan fingerprint density at radius 3 is 2.50 bits per heavy atom. The lowest BCUT2D eigenvalue weighted by molar-refractivity contribution is -0.00972. The Kier molecular flexibility index (Phi) is 5.26. The van der Waals surface area contributed by atoms with Crippen molar-refractivity contribution < 1.29 is 4.74 Å². The van der Waals surface area contributed by atoms with Gasteiger partial charge in [-0.1, -0.05) is 40.5 Å². The normalized spacial score (nSPS) is 29.1. The van der Waals surface area contributed by atoms with Crippen molar-refractivity contribution in [2.45, 2.75) is 65.5 Å². The van der Waals surface area contributed by atoms with E-state index in [0.29, 0.717) is 12.1 Å². The van der Waals surface area contributed by atoms with Gasteiger partial charge in [-0.3, -0.25) is 0 Å². The monoisotopic (exact) mass is 227 g/mol. The summed E-state index contributed by atoms with van der Waals surface area (Å²) < 4.78 is 6.07. The van der Waals surface area contributed by atoms with Crippen LogP contribution < -0.4 is 5.32 Å². The molecule has 2 nitrogen and oxygen atoms in total. The van der Waals surface area contributed by atoms with Gasteiger partial charge in [-0.15, -0.1) is 0 Å². The van der Waals surface area contributed by atoms with Crippen molar-refractivity contribution in [3.8, 4) is 0 Å². The first-order valence-corrected chi connectivity index (χ1v) is 6.72. The second kappa shape index (κ2) is 6.02. The molecule has 3 atom stereocenters. The standard InChI is InChI=1S/C14H29NO/c1-11-7-6-8-12(9-11)16-10-13(15-5)14(2,3)4/h11-13,15H,6-10H2,1-5H3.